The zero-order valence-corrected chi connectivity index (χ0v) is 25.2. The van der Waals surface area contributed by atoms with Crippen molar-refractivity contribution in [2.75, 3.05) is 33.4 Å². The van der Waals surface area contributed by atoms with Crippen LogP contribution in [0.4, 0.5) is 0 Å². The van der Waals surface area contributed by atoms with Crippen molar-refractivity contribution >= 4 is 17.6 Å². The van der Waals surface area contributed by atoms with Gasteiger partial charge >= 0.3 is 0 Å². The molecule has 2 fully saturated rings. The standard InChI is InChI=1S/C32H45N5O5/c1-4-27(38)30(22-11-7-6-8-12-22)36-31(40)24-14-9-13-23(17-24)25-15-10-16-37(21-25)29(39)20-33-18-26-32(42-5-2)35-28(41-3)19-34-26/h9,13-14,17,19,22,25,30,33H,4-8,10-12,15-16,18,20-21H2,1-3H3,(H,36,40)/t25-,30-/m1/s1. The highest BCUT2D eigenvalue weighted by Crippen LogP contribution is 2.29. The number of nitrogens with one attached hydrogen (secondary N) is 2. The van der Waals surface area contributed by atoms with E-state index in [-0.39, 0.29) is 36.0 Å². The summed E-state index contributed by atoms with van der Waals surface area (Å²) in [6.45, 7) is 5.99. The minimum atomic E-state index is -0.421. The van der Waals surface area contributed by atoms with Gasteiger partial charge in [-0.1, -0.05) is 38.3 Å². The third-order valence-electron chi connectivity index (χ3n) is 8.35. The summed E-state index contributed by atoms with van der Waals surface area (Å²) >= 11 is 0. The van der Waals surface area contributed by atoms with Crippen molar-refractivity contribution in [1.29, 1.82) is 0 Å². The van der Waals surface area contributed by atoms with Crippen molar-refractivity contribution < 1.29 is 23.9 Å². The van der Waals surface area contributed by atoms with Gasteiger partial charge in [0.25, 0.3) is 5.91 Å². The minimum Gasteiger partial charge on any atom is -0.480 e. The number of methoxy groups -OCH3 is 1. The van der Waals surface area contributed by atoms with Crippen LogP contribution < -0.4 is 20.1 Å². The third kappa shape index (κ3) is 8.27. The molecular weight excluding hydrogens is 534 g/mol. The molecule has 4 rings (SSSR count). The maximum atomic E-state index is 13.3. The highest BCUT2D eigenvalue weighted by molar-refractivity contribution is 5.98. The highest BCUT2D eigenvalue weighted by Gasteiger charge is 2.30. The number of amides is 2. The highest BCUT2D eigenvalue weighted by atomic mass is 16.5. The summed E-state index contributed by atoms with van der Waals surface area (Å²) in [5.74, 6) is 1.04. The summed E-state index contributed by atoms with van der Waals surface area (Å²) in [5.41, 5.74) is 2.22. The second kappa shape index (κ2) is 15.6. The fraction of sp³-hybridized carbons (Fsp3) is 0.594. The Bertz CT molecular complexity index is 1220. The van der Waals surface area contributed by atoms with Crippen LogP contribution in [0.1, 0.15) is 92.7 Å². The maximum absolute atomic E-state index is 13.3. The molecule has 2 amide bonds. The molecule has 10 heteroatoms. The number of nitrogens with zero attached hydrogens (tertiary/aromatic N) is 3. The smallest absolute Gasteiger partial charge is 0.251 e. The molecule has 0 unspecified atom stereocenters. The van der Waals surface area contributed by atoms with Gasteiger partial charge in [-0.25, -0.2) is 4.98 Å². The average Bonchev–Trinajstić information content (AvgIpc) is 3.04. The van der Waals surface area contributed by atoms with E-state index in [0.29, 0.717) is 55.7 Å². The topological polar surface area (TPSA) is 123 Å². The average molecular weight is 580 g/mol. The number of carbonyl (C=O) groups is 3. The van der Waals surface area contributed by atoms with Crippen LogP contribution in [0.25, 0.3) is 0 Å². The molecule has 2 atom stereocenters. The Morgan fingerprint density at radius 1 is 1.10 bits per heavy atom. The van der Waals surface area contributed by atoms with Crippen molar-refractivity contribution in [3.8, 4) is 11.8 Å². The molecule has 2 aromatic rings. The Labute approximate surface area is 249 Å². The lowest BCUT2D eigenvalue weighted by atomic mass is 9.81. The Morgan fingerprint density at radius 3 is 2.64 bits per heavy atom. The molecule has 2 aliphatic rings. The number of carbonyl (C=O) groups excluding carboxylic acids is 3. The molecule has 2 N–H and O–H groups in total. The van der Waals surface area contributed by atoms with E-state index < -0.39 is 6.04 Å². The summed E-state index contributed by atoms with van der Waals surface area (Å²) in [6, 6.07) is 7.24. The number of ether oxygens (including phenoxy) is 2. The van der Waals surface area contributed by atoms with Gasteiger partial charge in [0.05, 0.1) is 32.5 Å². The summed E-state index contributed by atoms with van der Waals surface area (Å²) in [6.07, 6.45) is 9.17. The number of Topliss-reactive ketones (excluding diaryl/α,β-unsaturated/α-hetero) is 1. The largest absolute Gasteiger partial charge is 0.480 e. The molecule has 1 saturated carbocycles. The van der Waals surface area contributed by atoms with Gasteiger partial charge in [0.2, 0.25) is 17.7 Å². The lowest BCUT2D eigenvalue weighted by Gasteiger charge is -2.33. The Kier molecular flexibility index (Phi) is 11.7. The van der Waals surface area contributed by atoms with E-state index in [1.807, 2.05) is 36.9 Å². The molecule has 1 aromatic carbocycles. The molecule has 0 bridgehead atoms. The lowest BCUT2D eigenvalue weighted by molar-refractivity contribution is -0.131. The van der Waals surface area contributed by atoms with Crippen LogP contribution in [0.2, 0.25) is 0 Å². The van der Waals surface area contributed by atoms with E-state index in [0.717, 1.165) is 44.1 Å². The summed E-state index contributed by atoms with van der Waals surface area (Å²) in [4.78, 5) is 49.7. The second-order valence-electron chi connectivity index (χ2n) is 11.2. The molecule has 228 valence electrons. The molecule has 10 nitrogen and oxygen atoms in total. The number of piperidine rings is 1. The molecule has 0 radical (unpaired) electrons. The number of benzene rings is 1. The van der Waals surface area contributed by atoms with Crippen LogP contribution in [-0.4, -0.2) is 71.9 Å². The first-order chi connectivity index (χ1) is 20.4. The van der Waals surface area contributed by atoms with Crippen LogP contribution >= 0.6 is 0 Å². The molecular formula is C32H45N5O5. The van der Waals surface area contributed by atoms with Crippen molar-refractivity contribution in [3.63, 3.8) is 0 Å². The molecule has 0 spiro atoms. The molecule has 1 saturated heterocycles. The number of rotatable bonds is 13. The van der Waals surface area contributed by atoms with Gasteiger partial charge in [-0.15, -0.1) is 0 Å². The van der Waals surface area contributed by atoms with E-state index >= 15 is 0 Å². The minimum absolute atomic E-state index is 0.0152. The summed E-state index contributed by atoms with van der Waals surface area (Å²) in [5, 5.41) is 6.26. The monoisotopic (exact) mass is 579 g/mol. The van der Waals surface area contributed by atoms with Crippen molar-refractivity contribution in [2.24, 2.45) is 5.92 Å². The first kappa shape index (κ1) is 31.4. The SMILES string of the molecule is CCOc1nc(OC)cnc1CNCC(=O)N1CCC[C@@H](c2cccc(C(=O)N[C@@H](C(=O)CC)C3CCCCC3)c2)C1. The molecule has 42 heavy (non-hydrogen) atoms. The zero-order valence-electron chi connectivity index (χ0n) is 25.2. The predicted molar refractivity (Wildman–Crippen MR) is 160 cm³/mol. The second-order valence-corrected chi connectivity index (χ2v) is 11.2. The Morgan fingerprint density at radius 2 is 1.90 bits per heavy atom. The predicted octanol–water partition coefficient (Wildman–Crippen LogP) is 4.04. The van der Waals surface area contributed by atoms with Gasteiger partial charge < -0.3 is 25.0 Å². The Hall–Kier alpha value is -3.53. The van der Waals surface area contributed by atoms with Gasteiger partial charge in [-0.05, 0) is 56.2 Å². The summed E-state index contributed by atoms with van der Waals surface area (Å²) in [7, 11) is 1.52. The van der Waals surface area contributed by atoms with Crippen LogP contribution in [-0.2, 0) is 16.1 Å². The van der Waals surface area contributed by atoms with E-state index in [2.05, 4.69) is 20.6 Å². The number of likely N-dealkylation sites (tertiary alicyclic amines) is 1. The van der Waals surface area contributed by atoms with Gasteiger partial charge in [0.1, 0.15) is 5.69 Å². The van der Waals surface area contributed by atoms with Gasteiger partial charge in [0, 0.05) is 37.5 Å². The first-order valence-electron chi connectivity index (χ1n) is 15.4. The van der Waals surface area contributed by atoms with Crippen molar-refractivity contribution in [2.45, 2.75) is 83.7 Å². The van der Waals surface area contributed by atoms with Crippen molar-refractivity contribution in [1.82, 2.24) is 25.5 Å². The number of aromatic nitrogens is 2. The lowest BCUT2D eigenvalue weighted by Crippen LogP contribution is -2.46. The van der Waals surface area contributed by atoms with Crippen LogP contribution in [0.3, 0.4) is 0 Å². The zero-order chi connectivity index (χ0) is 29.9. The Balaban J connectivity index is 1.34. The van der Waals surface area contributed by atoms with Crippen LogP contribution in [0, 0.1) is 5.92 Å². The fourth-order valence-electron chi connectivity index (χ4n) is 6.04. The number of ketones is 1. The van der Waals surface area contributed by atoms with E-state index in [4.69, 9.17) is 9.47 Å². The van der Waals surface area contributed by atoms with E-state index in [1.54, 1.807) is 6.07 Å². The molecule has 1 aromatic heterocycles. The fourth-order valence-corrected chi connectivity index (χ4v) is 6.04. The van der Waals surface area contributed by atoms with Crippen LogP contribution in [0.5, 0.6) is 11.8 Å². The van der Waals surface area contributed by atoms with Gasteiger partial charge in [-0.2, -0.15) is 4.98 Å². The van der Waals surface area contributed by atoms with Crippen molar-refractivity contribution in [3.05, 3.63) is 47.3 Å². The third-order valence-corrected chi connectivity index (χ3v) is 8.35. The maximum Gasteiger partial charge on any atom is 0.251 e. The van der Waals surface area contributed by atoms with E-state index in [9.17, 15) is 14.4 Å². The molecule has 2 heterocycles. The van der Waals surface area contributed by atoms with E-state index in [1.165, 1.54) is 19.7 Å². The number of hydrogen-bond donors (Lipinski definition) is 2. The first-order valence-corrected chi connectivity index (χ1v) is 15.4. The van der Waals surface area contributed by atoms with Gasteiger partial charge in [0.15, 0.2) is 5.78 Å². The molecule has 1 aliphatic carbocycles. The quantitative estimate of drug-likeness (QED) is 0.365. The van der Waals surface area contributed by atoms with Gasteiger partial charge in [-0.3, -0.25) is 14.4 Å². The normalized spacial score (nSPS) is 18.3. The van der Waals surface area contributed by atoms with Crippen LogP contribution in [0.15, 0.2) is 30.5 Å². The summed E-state index contributed by atoms with van der Waals surface area (Å²) < 4.78 is 10.7. The number of hydrogen-bond acceptors (Lipinski definition) is 8. The molecule has 1 aliphatic heterocycles.